The van der Waals surface area contributed by atoms with Crippen LogP contribution in [0, 0.1) is 17.3 Å². The van der Waals surface area contributed by atoms with Gasteiger partial charge in [0.1, 0.15) is 11.4 Å². The van der Waals surface area contributed by atoms with E-state index in [2.05, 4.69) is 20.8 Å². The van der Waals surface area contributed by atoms with Crippen molar-refractivity contribution in [2.75, 3.05) is 0 Å². The highest BCUT2D eigenvalue weighted by atomic mass is 19.3. The van der Waals surface area contributed by atoms with Crippen LogP contribution in [0.5, 0.6) is 0 Å². The molecule has 5 saturated carbocycles. The molecule has 2 bridgehead atoms. The Bertz CT molecular complexity index is 1530. The van der Waals surface area contributed by atoms with Gasteiger partial charge in [0.25, 0.3) is 5.91 Å². The molecule has 9 nitrogen and oxygen atoms in total. The number of amides is 2. The Hall–Kier alpha value is -3.44. The first-order valence-electron chi connectivity index (χ1n) is 15.5. The van der Waals surface area contributed by atoms with Crippen molar-refractivity contribution in [3.63, 3.8) is 0 Å². The number of hydrogen-bond acceptors (Lipinski definition) is 5. The second-order valence-corrected chi connectivity index (χ2v) is 13.9. The van der Waals surface area contributed by atoms with Crippen molar-refractivity contribution in [1.29, 1.82) is 0 Å². The van der Waals surface area contributed by atoms with Gasteiger partial charge in [-0.2, -0.15) is 10.2 Å². The summed E-state index contributed by atoms with van der Waals surface area (Å²) in [6.07, 6.45) is 8.91. The average Bonchev–Trinajstić information content (AvgIpc) is 3.47. The average molecular weight is 598 g/mol. The number of fused-ring (bicyclic) bond motifs is 1. The fourth-order valence-corrected chi connectivity index (χ4v) is 7.70. The minimum Gasteiger partial charge on any atom is -0.349 e. The number of halogens is 3. The second kappa shape index (κ2) is 10.1. The maximum absolute atomic E-state index is 14.1. The van der Waals surface area contributed by atoms with E-state index in [1.807, 2.05) is 19.9 Å². The summed E-state index contributed by atoms with van der Waals surface area (Å²) in [5, 5.41) is 15.1. The third-order valence-corrected chi connectivity index (χ3v) is 9.97. The van der Waals surface area contributed by atoms with Gasteiger partial charge in [-0.1, -0.05) is 0 Å². The summed E-state index contributed by atoms with van der Waals surface area (Å²) in [5.41, 5.74) is 1.16. The maximum Gasteiger partial charge on any atom is 0.270 e. The first-order chi connectivity index (χ1) is 20.4. The fraction of sp³-hybridized carbons (Fsp3) is 0.645. The number of rotatable bonds is 10. The molecule has 3 aromatic heterocycles. The van der Waals surface area contributed by atoms with Crippen LogP contribution >= 0.6 is 0 Å². The lowest BCUT2D eigenvalue weighted by molar-refractivity contribution is -0.215. The van der Waals surface area contributed by atoms with Crippen LogP contribution in [0.4, 0.5) is 13.2 Å². The van der Waals surface area contributed by atoms with E-state index in [9.17, 15) is 22.8 Å². The summed E-state index contributed by atoms with van der Waals surface area (Å²) in [7, 11) is 0. The predicted octanol–water partition coefficient (Wildman–Crippen LogP) is 5.65. The smallest absolute Gasteiger partial charge is 0.270 e. The summed E-state index contributed by atoms with van der Waals surface area (Å²) in [4.78, 5) is 31.2. The fourth-order valence-electron chi connectivity index (χ4n) is 7.70. The van der Waals surface area contributed by atoms with Crippen LogP contribution in [0.1, 0.15) is 118 Å². The zero-order chi connectivity index (χ0) is 30.1. The van der Waals surface area contributed by atoms with Crippen LogP contribution in [0.15, 0.2) is 30.7 Å². The van der Waals surface area contributed by atoms with Crippen LogP contribution in [-0.4, -0.2) is 47.8 Å². The first-order valence-corrected chi connectivity index (χ1v) is 15.5. The van der Waals surface area contributed by atoms with E-state index in [0.717, 1.165) is 18.4 Å². The van der Waals surface area contributed by atoms with Gasteiger partial charge in [-0.05, 0) is 93.7 Å². The zero-order valence-corrected chi connectivity index (χ0v) is 24.5. The minimum atomic E-state index is -2.70. The van der Waals surface area contributed by atoms with E-state index in [4.69, 9.17) is 4.98 Å². The number of alkyl halides is 3. The standard InChI is InChI=1S/C31H38F3N7O2/c1-18(2)41-23(7-10-35-41)28(43)39-27(20-5-8-31(33,34)9-6-20)22-14-40-24(37-22)11-21(13-36-40)26(19-3-4-19)38-25(42)12-29-15-30(32,16-29)17-29/h7,10-11,13-14,18-20,26-27H,3-6,8-9,12,15-17H2,1-2H3,(H,38,42)(H,39,43)/t26?,27-,29-,30+/m0/s1. The third-order valence-electron chi connectivity index (χ3n) is 9.97. The molecule has 0 spiro atoms. The SMILES string of the molecule is CC(C)n1nccc1C(=O)N[C@H](c1cn2ncc(C(NC(=O)C[C@]34C[C@@](F)(C3)C4)C3CC3)cc2n1)C1CCC(F)(F)CC1. The molecule has 12 heteroatoms. The molecule has 2 N–H and O–H groups in total. The first kappa shape index (κ1) is 28.3. The largest absolute Gasteiger partial charge is 0.349 e. The Balaban J connectivity index is 1.13. The van der Waals surface area contributed by atoms with Crippen molar-refractivity contribution >= 4 is 17.5 Å². The van der Waals surface area contributed by atoms with E-state index in [0.29, 0.717) is 48.6 Å². The Kier molecular flexibility index (Phi) is 6.63. The maximum atomic E-state index is 14.1. The molecular formula is C31H38F3N7O2. The number of imidazole rings is 1. The Morgan fingerprint density at radius 1 is 1.00 bits per heavy atom. The Labute approximate surface area is 248 Å². The van der Waals surface area contributed by atoms with Gasteiger partial charge in [-0.3, -0.25) is 14.3 Å². The van der Waals surface area contributed by atoms with Gasteiger partial charge in [0.05, 0.1) is 30.2 Å². The topological polar surface area (TPSA) is 106 Å². The molecule has 230 valence electrons. The Morgan fingerprint density at radius 2 is 1.70 bits per heavy atom. The van der Waals surface area contributed by atoms with E-state index in [1.165, 1.54) is 0 Å². The summed E-state index contributed by atoms with van der Waals surface area (Å²) >= 11 is 0. The number of nitrogens with one attached hydrogen (secondary N) is 2. The molecule has 5 fully saturated rings. The van der Waals surface area contributed by atoms with E-state index in [1.54, 1.807) is 33.9 Å². The summed E-state index contributed by atoms with van der Waals surface area (Å²) in [6.45, 7) is 3.86. The monoisotopic (exact) mass is 597 g/mol. The molecule has 0 radical (unpaired) electrons. The number of carbonyl (C=O) groups is 2. The van der Waals surface area contributed by atoms with Crippen LogP contribution < -0.4 is 10.6 Å². The molecule has 43 heavy (non-hydrogen) atoms. The molecule has 8 rings (SSSR count). The van der Waals surface area contributed by atoms with Gasteiger partial charge in [0.2, 0.25) is 11.8 Å². The lowest BCUT2D eigenvalue weighted by Crippen LogP contribution is -2.65. The Morgan fingerprint density at radius 3 is 2.35 bits per heavy atom. The van der Waals surface area contributed by atoms with Gasteiger partial charge in [-0.15, -0.1) is 0 Å². The van der Waals surface area contributed by atoms with Crippen LogP contribution in [0.25, 0.3) is 5.65 Å². The quantitative estimate of drug-likeness (QED) is 0.314. The molecule has 2 atom stereocenters. The number of aromatic nitrogens is 5. The van der Waals surface area contributed by atoms with Gasteiger partial charge in [0, 0.05) is 31.5 Å². The minimum absolute atomic E-state index is 0.0281. The molecule has 3 heterocycles. The summed E-state index contributed by atoms with van der Waals surface area (Å²) < 4.78 is 45.4. The van der Waals surface area contributed by atoms with Gasteiger partial charge < -0.3 is 10.6 Å². The van der Waals surface area contributed by atoms with Crippen LogP contribution in [0.2, 0.25) is 0 Å². The molecular weight excluding hydrogens is 559 g/mol. The van der Waals surface area contributed by atoms with Crippen molar-refractivity contribution in [1.82, 2.24) is 35.0 Å². The molecule has 2 amide bonds. The molecule has 0 saturated heterocycles. The van der Waals surface area contributed by atoms with E-state index >= 15 is 0 Å². The highest BCUT2D eigenvalue weighted by molar-refractivity contribution is 5.92. The highest BCUT2D eigenvalue weighted by Gasteiger charge is 2.69. The van der Waals surface area contributed by atoms with Gasteiger partial charge in [-0.25, -0.2) is 22.7 Å². The zero-order valence-electron chi connectivity index (χ0n) is 24.5. The predicted molar refractivity (Wildman–Crippen MR) is 151 cm³/mol. The van der Waals surface area contributed by atoms with Crippen molar-refractivity contribution < 1.29 is 22.8 Å². The van der Waals surface area contributed by atoms with Crippen molar-refractivity contribution in [2.45, 2.75) is 108 Å². The van der Waals surface area contributed by atoms with Crippen LogP contribution in [0.3, 0.4) is 0 Å². The molecule has 5 aliphatic rings. The molecule has 0 aliphatic heterocycles. The van der Waals surface area contributed by atoms with Gasteiger partial charge in [0.15, 0.2) is 5.65 Å². The molecule has 3 aromatic rings. The molecule has 5 aliphatic carbocycles. The van der Waals surface area contributed by atoms with Crippen molar-refractivity contribution in [2.24, 2.45) is 17.3 Å². The lowest BCUT2D eigenvalue weighted by atomic mass is 9.41. The molecule has 0 aromatic carbocycles. The highest BCUT2D eigenvalue weighted by Crippen LogP contribution is 2.71. The molecule has 1 unspecified atom stereocenters. The van der Waals surface area contributed by atoms with Gasteiger partial charge >= 0.3 is 0 Å². The summed E-state index contributed by atoms with van der Waals surface area (Å²) in [6, 6.07) is 2.73. The van der Waals surface area contributed by atoms with Crippen molar-refractivity contribution in [3.05, 3.63) is 47.7 Å². The van der Waals surface area contributed by atoms with E-state index < -0.39 is 17.6 Å². The third kappa shape index (κ3) is 5.42. The number of carbonyl (C=O) groups excluding carboxylic acids is 2. The van der Waals surface area contributed by atoms with Crippen molar-refractivity contribution in [3.8, 4) is 0 Å². The normalized spacial score (nSPS) is 27.8. The second-order valence-electron chi connectivity index (χ2n) is 13.9. The van der Waals surface area contributed by atoms with Crippen LogP contribution in [-0.2, 0) is 4.79 Å². The van der Waals surface area contributed by atoms with E-state index in [-0.39, 0.29) is 60.9 Å². The summed E-state index contributed by atoms with van der Waals surface area (Å²) in [5.74, 6) is -3.00. The number of nitrogens with zero attached hydrogens (tertiary/aromatic N) is 5. The lowest BCUT2D eigenvalue weighted by Gasteiger charge is -2.65. The number of hydrogen-bond donors (Lipinski definition) is 2.